The van der Waals surface area contributed by atoms with Crippen LogP contribution in [0.1, 0.15) is 5.76 Å². The minimum absolute atomic E-state index is 0.0368. The Kier molecular flexibility index (Phi) is 4.72. The summed E-state index contributed by atoms with van der Waals surface area (Å²) in [6.07, 6.45) is 1.55. The van der Waals surface area contributed by atoms with Crippen molar-refractivity contribution in [1.82, 2.24) is 0 Å². The molecule has 6 nitrogen and oxygen atoms in total. The average molecular weight is 386 g/mol. The molecule has 2 aromatic carbocycles. The van der Waals surface area contributed by atoms with Gasteiger partial charge in [-0.1, -0.05) is 28.1 Å². The average Bonchev–Trinajstić information content (AvgIpc) is 3.05. The molecule has 0 unspecified atom stereocenters. The SMILES string of the molecule is O=[N+]([O-])c1ccc(NN=Cc2ccc(-c3ccc(Br)cc3)o2)cc1. The first-order valence-electron chi connectivity index (χ1n) is 7.01. The van der Waals surface area contributed by atoms with E-state index in [1.165, 1.54) is 12.1 Å². The fourth-order valence-electron chi connectivity index (χ4n) is 2.02. The predicted molar refractivity (Wildman–Crippen MR) is 96.2 cm³/mol. The molecule has 0 aliphatic rings. The molecule has 0 aliphatic heterocycles. The molecule has 3 aromatic rings. The predicted octanol–water partition coefficient (Wildman–Crippen LogP) is 5.06. The molecule has 0 radical (unpaired) electrons. The van der Waals surface area contributed by atoms with Crippen molar-refractivity contribution in [2.45, 2.75) is 0 Å². The molecule has 120 valence electrons. The molecule has 1 aromatic heterocycles. The van der Waals surface area contributed by atoms with Gasteiger partial charge in [-0.25, -0.2) is 0 Å². The summed E-state index contributed by atoms with van der Waals surface area (Å²) in [6.45, 7) is 0. The fraction of sp³-hybridized carbons (Fsp3) is 0. The minimum atomic E-state index is -0.445. The van der Waals surface area contributed by atoms with Gasteiger partial charge in [-0.3, -0.25) is 15.5 Å². The van der Waals surface area contributed by atoms with Crippen LogP contribution in [0.5, 0.6) is 0 Å². The summed E-state index contributed by atoms with van der Waals surface area (Å²) >= 11 is 3.39. The van der Waals surface area contributed by atoms with Crippen LogP contribution in [0.25, 0.3) is 11.3 Å². The van der Waals surface area contributed by atoms with Gasteiger partial charge in [0.15, 0.2) is 0 Å². The standard InChI is InChI=1S/C17H12BrN3O3/c18-13-3-1-12(2-4-13)17-10-9-16(24-17)11-19-20-14-5-7-15(8-6-14)21(22)23/h1-11,20H. The number of furan rings is 1. The summed E-state index contributed by atoms with van der Waals surface area (Å²) < 4.78 is 6.71. The second kappa shape index (κ2) is 7.10. The Morgan fingerprint density at radius 1 is 1.04 bits per heavy atom. The van der Waals surface area contributed by atoms with Crippen LogP contribution in [0.4, 0.5) is 11.4 Å². The summed E-state index contributed by atoms with van der Waals surface area (Å²) in [5, 5.41) is 14.7. The Labute approximate surface area is 146 Å². The van der Waals surface area contributed by atoms with Gasteiger partial charge in [0.25, 0.3) is 5.69 Å². The Bertz CT molecular complexity index is 871. The Morgan fingerprint density at radius 3 is 2.42 bits per heavy atom. The fourth-order valence-corrected chi connectivity index (χ4v) is 2.28. The largest absolute Gasteiger partial charge is 0.455 e. The summed E-state index contributed by atoms with van der Waals surface area (Å²) in [5.41, 5.74) is 4.46. The lowest BCUT2D eigenvalue weighted by atomic mass is 10.2. The number of nitro groups is 1. The molecule has 0 bridgehead atoms. The van der Waals surface area contributed by atoms with Crippen LogP contribution < -0.4 is 5.43 Å². The van der Waals surface area contributed by atoms with Crippen molar-refractivity contribution in [3.05, 3.63) is 81.0 Å². The third kappa shape index (κ3) is 3.88. The number of nitrogens with one attached hydrogen (secondary N) is 1. The molecule has 3 rings (SSSR count). The van der Waals surface area contributed by atoms with Crippen LogP contribution in [-0.4, -0.2) is 11.1 Å². The molecule has 0 saturated carbocycles. The normalized spacial score (nSPS) is 10.9. The van der Waals surface area contributed by atoms with E-state index in [9.17, 15) is 10.1 Å². The summed E-state index contributed by atoms with van der Waals surface area (Å²) in [6, 6.07) is 17.5. The van der Waals surface area contributed by atoms with Crippen LogP contribution in [0.15, 0.2) is 74.7 Å². The summed E-state index contributed by atoms with van der Waals surface area (Å²) in [4.78, 5) is 10.1. The van der Waals surface area contributed by atoms with E-state index in [2.05, 4.69) is 26.5 Å². The van der Waals surface area contributed by atoms with Crippen molar-refractivity contribution in [2.24, 2.45) is 5.10 Å². The number of benzene rings is 2. The van der Waals surface area contributed by atoms with E-state index >= 15 is 0 Å². The van der Waals surface area contributed by atoms with E-state index in [0.29, 0.717) is 11.4 Å². The molecule has 0 amide bonds. The van der Waals surface area contributed by atoms with Crippen molar-refractivity contribution in [3.8, 4) is 11.3 Å². The van der Waals surface area contributed by atoms with Gasteiger partial charge in [-0.15, -0.1) is 0 Å². The topological polar surface area (TPSA) is 80.7 Å². The van der Waals surface area contributed by atoms with Crippen molar-refractivity contribution >= 4 is 33.5 Å². The van der Waals surface area contributed by atoms with Crippen molar-refractivity contribution in [1.29, 1.82) is 0 Å². The van der Waals surface area contributed by atoms with Crippen molar-refractivity contribution < 1.29 is 9.34 Å². The number of nitrogens with zero attached hydrogens (tertiary/aromatic N) is 2. The highest BCUT2D eigenvalue weighted by molar-refractivity contribution is 9.10. The Morgan fingerprint density at radius 2 is 1.75 bits per heavy atom. The maximum absolute atomic E-state index is 10.6. The first kappa shape index (κ1) is 15.9. The molecule has 0 spiro atoms. The molecule has 0 saturated heterocycles. The lowest BCUT2D eigenvalue weighted by molar-refractivity contribution is -0.384. The van der Waals surface area contributed by atoms with Crippen LogP contribution in [0.3, 0.4) is 0 Å². The van der Waals surface area contributed by atoms with Gasteiger partial charge in [0, 0.05) is 22.2 Å². The number of hydrogen-bond acceptors (Lipinski definition) is 5. The third-order valence-corrected chi connectivity index (χ3v) is 3.75. The molecule has 24 heavy (non-hydrogen) atoms. The van der Waals surface area contributed by atoms with Gasteiger partial charge < -0.3 is 4.42 Å². The maximum Gasteiger partial charge on any atom is 0.269 e. The number of rotatable bonds is 5. The van der Waals surface area contributed by atoms with Gasteiger partial charge >= 0.3 is 0 Å². The first-order chi connectivity index (χ1) is 11.6. The van der Waals surface area contributed by atoms with E-state index < -0.39 is 4.92 Å². The molecule has 0 atom stereocenters. The Hall–Kier alpha value is -2.93. The van der Waals surface area contributed by atoms with E-state index in [4.69, 9.17) is 4.42 Å². The highest BCUT2D eigenvalue weighted by atomic mass is 79.9. The number of anilines is 1. The van der Waals surface area contributed by atoms with Crippen molar-refractivity contribution in [3.63, 3.8) is 0 Å². The second-order valence-electron chi connectivity index (χ2n) is 4.88. The second-order valence-corrected chi connectivity index (χ2v) is 5.80. The van der Waals surface area contributed by atoms with Crippen LogP contribution in [-0.2, 0) is 0 Å². The molecule has 0 fully saturated rings. The van der Waals surface area contributed by atoms with E-state index in [-0.39, 0.29) is 5.69 Å². The smallest absolute Gasteiger partial charge is 0.269 e. The number of hydrazone groups is 1. The van der Waals surface area contributed by atoms with E-state index in [1.54, 1.807) is 18.3 Å². The van der Waals surface area contributed by atoms with Gasteiger partial charge in [-0.05, 0) is 36.4 Å². The minimum Gasteiger partial charge on any atom is -0.455 e. The maximum atomic E-state index is 10.6. The lowest BCUT2D eigenvalue weighted by Crippen LogP contribution is -1.91. The molecular weight excluding hydrogens is 374 g/mol. The van der Waals surface area contributed by atoms with Crippen LogP contribution in [0.2, 0.25) is 0 Å². The van der Waals surface area contributed by atoms with Gasteiger partial charge in [0.1, 0.15) is 11.5 Å². The van der Waals surface area contributed by atoms with E-state index in [1.807, 2.05) is 36.4 Å². The molecule has 1 heterocycles. The molecule has 7 heteroatoms. The molecule has 1 N–H and O–H groups in total. The van der Waals surface area contributed by atoms with Crippen molar-refractivity contribution in [2.75, 3.05) is 5.43 Å². The highest BCUT2D eigenvalue weighted by Crippen LogP contribution is 2.23. The number of hydrogen-bond donors (Lipinski definition) is 1. The van der Waals surface area contributed by atoms with Gasteiger partial charge in [-0.2, -0.15) is 5.10 Å². The van der Waals surface area contributed by atoms with E-state index in [0.717, 1.165) is 15.8 Å². The number of non-ortho nitro benzene ring substituents is 1. The first-order valence-corrected chi connectivity index (χ1v) is 7.80. The summed E-state index contributed by atoms with van der Waals surface area (Å²) in [7, 11) is 0. The number of nitro benzene ring substituents is 1. The van der Waals surface area contributed by atoms with Gasteiger partial charge in [0.05, 0.1) is 16.8 Å². The number of halogens is 1. The zero-order chi connectivity index (χ0) is 16.9. The third-order valence-electron chi connectivity index (χ3n) is 3.22. The molecule has 0 aliphatic carbocycles. The van der Waals surface area contributed by atoms with Gasteiger partial charge in [0.2, 0.25) is 0 Å². The van der Waals surface area contributed by atoms with Crippen LogP contribution in [0, 0.1) is 10.1 Å². The highest BCUT2D eigenvalue weighted by Gasteiger charge is 2.04. The van der Waals surface area contributed by atoms with Crippen LogP contribution >= 0.6 is 15.9 Å². The Balaban J connectivity index is 1.65. The monoisotopic (exact) mass is 385 g/mol. The summed E-state index contributed by atoms with van der Waals surface area (Å²) in [5.74, 6) is 1.35. The zero-order valence-corrected chi connectivity index (χ0v) is 13.9. The zero-order valence-electron chi connectivity index (χ0n) is 12.3. The lowest BCUT2D eigenvalue weighted by Gasteiger charge is -1.98. The molecular formula is C17H12BrN3O3. The quantitative estimate of drug-likeness (QED) is 0.377.